The average Bonchev–Trinajstić information content (AvgIpc) is 3.05. The molecule has 4 nitrogen and oxygen atoms in total. The van der Waals surface area contributed by atoms with E-state index in [2.05, 4.69) is 14.9 Å². The lowest BCUT2D eigenvalue weighted by molar-refractivity contribution is -0.274. The zero-order valence-corrected chi connectivity index (χ0v) is 16.8. The number of hydrogen-bond acceptors (Lipinski definition) is 3. The Kier molecular flexibility index (Phi) is 6.49. The van der Waals surface area contributed by atoms with Crippen LogP contribution in [0.5, 0.6) is 5.75 Å². The molecule has 166 valence electrons. The van der Waals surface area contributed by atoms with Crippen molar-refractivity contribution in [1.82, 2.24) is 14.8 Å². The third kappa shape index (κ3) is 5.90. The highest BCUT2D eigenvalue weighted by atomic mass is 35.5. The molecular weight excluding hydrogens is 448 g/mol. The van der Waals surface area contributed by atoms with Gasteiger partial charge in [-0.05, 0) is 48.4 Å². The summed E-state index contributed by atoms with van der Waals surface area (Å²) in [7, 11) is 0. The number of nitrogens with zero attached hydrogens (tertiary/aromatic N) is 3. The zero-order chi connectivity index (χ0) is 22.8. The fourth-order valence-electron chi connectivity index (χ4n) is 3.19. The molecule has 0 aliphatic heterocycles. The van der Waals surface area contributed by atoms with E-state index in [1.54, 1.807) is 31.2 Å². The first-order valence-electron chi connectivity index (χ1n) is 9.08. The van der Waals surface area contributed by atoms with Crippen molar-refractivity contribution in [2.24, 2.45) is 0 Å². The van der Waals surface area contributed by atoms with E-state index in [0.29, 0.717) is 17.0 Å². The quantitative estimate of drug-likeness (QED) is 0.387. The molecule has 0 aliphatic rings. The third-order valence-electron chi connectivity index (χ3n) is 4.46. The molecule has 0 saturated heterocycles. The van der Waals surface area contributed by atoms with Crippen molar-refractivity contribution in [2.45, 2.75) is 38.3 Å². The van der Waals surface area contributed by atoms with Crippen LogP contribution in [0.25, 0.3) is 11.4 Å². The molecule has 11 heteroatoms. The van der Waals surface area contributed by atoms with Crippen LogP contribution in [0, 0.1) is 0 Å². The van der Waals surface area contributed by atoms with Crippen molar-refractivity contribution >= 4 is 11.6 Å². The van der Waals surface area contributed by atoms with Crippen LogP contribution in [0.15, 0.2) is 48.5 Å². The molecule has 0 aliphatic carbocycles. The highest BCUT2D eigenvalue weighted by molar-refractivity contribution is 6.30. The molecule has 1 atom stereocenters. The first kappa shape index (κ1) is 22.9. The standard InChI is InChI=1S/C20H16ClF6N3O/c1-2-16(12-3-7-14(21)8-4-12)18-29-28-17(30(18)11-19(22,23)24)13-5-9-15(10-6-13)31-20(25,26)27/h3-10,16H,2,11H2,1H3. The molecule has 2 aromatic carbocycles. The van der Waals surface area contributed by atoms with Crippen molar-refractivity contribution < 1.29 is 31.1 Å². The summed E-state index contributed by atoms with van der Waals surface area (Å²) in [5.41, 5.74) is 0.881. The molecule has 0 bridgehead atoms. The number of alkyl halides is 6. The summed E-state index contributed by atoms with van der Waals surface area (Å²) in [6.45, 7) is 0.449. The van der Waals surface area contributed by atoms with Crippen LogP contribution in [0.2, 0.25) is 5.02 Å². The van der Waals surface area contributed by atoms with E-state index in [1.165, 1.54) is 12.1 Å². The molecule has 0 N–H and O–H groups in total. The number of rotatable bonds is 6. The van der Waals surface area contributed by atoms with E-state index in [-0.39, 0.29) is 17.2 Å². The van der Waals surface area contributed by atoms with Gasteiger partial charge in [0.15, 0.2) is 5.82 Å². The molecule has 3 rings (SSSR count). The van der Waals surface area contributed by atoms with Gasteiger partial charge in [-0.15, -0.1) is 23.4 Å². The summed E-state index contributed by atoms with van der Waals surface area (Å²) in [6.07, 6.45) is -9.00. The summed E-state index contributed by atoms with van der Waals surface area (Å²) in [5.74, 6) is -1.01. The summed E-state index contributed by atoms with van der Waals surface area (Å²) in [4.78, 5) is 0. The molecule has 1 aromatic heterocycles. The second-order valence-electron chi connectivity index (χ2n) is 6.67. The smallest absolute Gasteiger partial charge is 0.406 e. The van der Waals surface area contributed by atoms with Crippen LogP contribution in [0.1, 0.15) is 30.7 Å². The minimum atomic E-state index is -4.88. The summed E-state index contributed by atoms with van der Waals surface area (Å²) < 4.78 is 81.8. The first-order valence-corrected chi connectivity index (χ1v) is 9.46. The molecule has 0 amide bonds. The largest absolute Gasteiger partial charge is 0.573 e. The Balaban J connectivity index is 2.03. The molecule has 3 aromatic rings. The Morgan fingerprint density at radius 3 is 2.06 bits per heavy atom. The van der Waals surface area contributed by atoms with Crippen molar-refractivity contribution in [3.05, 3.63) is 64.9 Å². The van der Waals surface area contributed by atoms with Crippen molar-refractivity contribution in [3.63, 3.8) is 0 Å². The van der Waals surface area contributed by atoms with Gasteiger partial charge in [0.25, 0.3) is 0 Å². The molecule has 0 fully saturated rings. The van der Waals surface area contributed by atoms with Gasteiger partial charge in [-0.1, -0.05) is 30.7 Å². The van der Waals surface area contributed by atoms with Gasteiger partial charge in [0, 0.05) is 16.5 Å². The average molecular weight is 464 g/mol. The highest BCUT2D eigenvalue weighted by Gasteiger charge is 2.34. The van der Waals surface area contributed by atoms with Gasteiger partial charge in [-0.25, -0.2) is 0 Å². The van der Waals surface area contributed by atoms with Crippen LogP contribution < -0.4 is 4.74 Å². The fraction of sp³-hybridized carbons (Fsp3) is 0.300. The predicted octanol–water partition coefficient (Wildman–Crippen LogP) is 6.60. The van der Waals surface area contributed by atoms with E-state index >= 15 is 0 Å². The summed E-state index contributed by atoms with van der Waals surface area (Å²) >= 11 is 5.90. The number of benzene rings is 2. The second-order valence-corrected chi connectivity index (χ2v) is 7.10. The Labute approximate surface area is 178 Å². The SMILES string of the molecule is CCC(c1ccc(Cl)cc1)c1nnc(-c2ccc(OC(F)(F)F)cc2)n1CC(F)(F)F. The lowest BCUT2D eigenvalue weighted by atomic mass is 9.95. The predicted molar refractivity (Wildman–Crippen MR) is 102 cm³/mol. The van der Waals surface area contributed by atoms with Gasteiger partial charge in [0.1, 0.15) is 18.1 Å². The maximum absolute atomic E-state index is 13.3. The van der Waals surface area contributed by atoms with Crippen LogP contribution in [0.4, 0.5) is 26.3 Å². The summed E-state index contributed by atoms with van der Waals surface area (Å²) in [6, 6.07) is 11.1. The molecule has 1 unspecified atom stereocenters. The fourth-order valence-corrected chi connectivity index (χ4v) is 3.32. The number of hydrogen-bond donors (Lipinski definition) is 0. The second kappa shape index (κ2) is 8.78. The monoisotopic (exact) mass is 463 g/mol. The first-order chi connectivity index (χ1) is 14.5. The molecular formula is C20H16ClF6N3O. The number of ether oxygens (including phenoxy) is 1. The molecule has 1 heterocycles. The van der Waals surface area contributed by atoms with E-state index in [9.17, 15) is 26.3 Å². The van der Waals surface area contributed by atoms with Gasteiger partial charge < -0.3 is 9.30 Å². The van der Waals surface area contributed by atoms with E-state index in [1.807, 2.05) is 0 Å². The van der Waals surface area contributed by atoms with Gasteiger partial charge in [0.05, 0.1) is 0 Å². The van der Waals surface area contributed by atoms with Gasteiger partial charge >= 0.3 is 12.5 Å². The van der Waals surface area contributed by atoms with E-state index in [4.69, 9.17) is 11.6 Å². The zero-order valence-electron chi connectivity index (χ0n) is 16.0. The lowest BCUT2D eigenvalue weighted by Gasteiger charge is -2.19. The van der Waals surface area contributed by atoms with Gasteiger partial charge in [-0.3, -0.25) is 0 Å². The maximum atomic E-state index is 13.3. The van der Waals surface area contributed by atoms with Crippen LogP contribution >= 0.6 is 11.6 Å². The van der Waals surface area contributed by atoms with Gasteiger partial charge in [0.2, 0.25) is 0 Å². The minimum Gasteiger partial charge on any atom is -0.406 e. The Morgan fingerprint density at radius 2 is 1.55 bits per heavy atom. The van der Waals surface area contributed by atoms with Crippen LogP contribution in [-0.4, -0.2) is 27.3 Å². The van der Waals surface area contributed by atoms with Crippen LogP contribution in [-0.2, 0) is 6.54 Å². The Bertz CT molecular complexity index is 1010. The maximum Gasteiger partial charge on any atom is 0.573 e. The Hall–Kier alpha value is -2.75. The van der Waals surface area contributed by atoms with E-state index in [0.717, 1.165) is 16.7 Å². The van der Waals surface area contributed by atoms with Gasteiger partial charge in [-0.2, -0.15) is 13.2 Å². The van der Waals surface area contributed by atoms with E-state index < -0.39 is 30.8 Å². The summed E-state index contributed by atoms with van der Waals surface area (Å²) in [5, 5.41) is 8.39. The van der Waals surface area contributed by atoms with Crippen molar-refractivity contribution in [1.29, 1.82) is 0 Å². The molecule has 0 spiro atoms. The molecule has 31 heavy (non-hydrogen) atoms. The normalized spacial score (nSPS) is 13.3. The van der Waals surface area contributed by atoms with Crippen molar-refractivity contribution in [2.75, 3.05) is 0 Å². The molecule has 0 radical (unpaired) electrons. The van der Waals surface area contributed by atoms with Crippen LogP contribution in [0.3, 0.4) is 0 Å². The third-order valence-corrected chi connectivity index (χ3v) is 4.71. The highest BCUT2D eigenvalue weighted by Crippen LogP contribution is 2.33. The minimum absolute atomic E-state index is 0.0905. The Morgan fingerprint density at radius 1 is 0.935 bits per heavy atom. The lowest BCUT2D eigenvalue weighted by Crippen LogP contribution is -2.22. The topological polar surface area (TPSA) is 39.9 Å². The number of halogens is 7. The number of aromatic nitrogens is 3. The molecule has 0 saturated carbocycles. The van der Waals surface area contributed by atoms with Crippen molar-refractivity contribution in [3.8, 4) is 17.1 Å².